The Hall–Kier alpha value is -2.48. The standard InChI is InChI=1S/C19H18ClF3N2O3/c1-2-18(26)25(10-12-4-3-5-13(8-12)19(21,22)23)11-14-9-15(24-28-14)16-6-7-17(20)27-16/h3-8,14H,2,9-11H2,1H3. The minimum absolute atomic E-state index is 0.0539. The number of furan rings is 1. The van der Waals surface area contributed by atoms with E-state index in [1.54, 1.807) is 25.1 Å². The predicted molar refractivity (Wildman–Crippen MR) is 96.9 cm³/mol. The molecule has 9 heteroatoms. The number of amides is 1. The quantitative estimate of drug-likeness (QED) is 0.676. The third-order valence-electron chi connectivity index (χ3n) is 4.30. The molecule has 0 saturated heterocycles. The topological polar surface area (TPSA) is 55.0 Å². The first kappa shape index (κ1) is 20.3. The van der Waals surface area contributed by atoms with Crippen LogP contribution in [0.25, 0.3) is 0 Å². The summed E-state index contributed by atoms with van der Waals surface area (Å²) in [6.45, 7) is 1.95. The molecule has 0 spiro atoms. The number of benzene rings is 1. The van der Waals surface area contributed by atoms with E-state index in [1.807, 2.05) is 0 Å². The highest BCUT2D eigenvalue weighted by Crippen LogP contribution is 2.30. The number of carbonyl (C=O) groups is 1. The molecule has 1 aliphatic rings. The Labute approximate surface area is 164 Å². The maximum absolute atomic E-state index is 12.9. The molecular formula is C19H18ClF3N2O3. The maximum Gasteiger partial charge on any atom is 0.416 e. The molecule has 1 aromatic carbocycles. The minimum atomic E-state index is -4.43. The van der Waals surface area contributed by atoms with Crippen LogP contribution in [-0.2, 0) is 22.4 Å². The molecule has 2 heterocycles. The van der Waals surface area contributed by atoms with Crippen LogP contribution in [-0.4, -0.2) is 29.2 Å². The Bertz CT molecular complexity index is 879. The van der Waals surface area contributed by atoms with Gasteiger partial charge in [0.1, 0.15) is 5.71 Å². The summed E-state index contributed by atoms with van der Waals surface area (Å²) in [4.78, 5) is 19.2. The van der Waals surface area contributed by atoms with Crippen molar-refractivity contribution in [2.24, 2.45) is 5.16 Å². The largest absolute Gasteiger partial charge is 0.443 e. The molecule has 5 nitrogen and oxygen atoms in total. The third-order valence-corrected chi connectivity index (χ3v) is 4.50. The second-order valence-corrected chi connectivity index (χ2v) is 6.77. The van der Waals surface area contributed by atoms with Crippen LogP contribution in [0.3, 0.4) is 0 Å². The molecule has 2 aromatic rings. The molecular weight excluding hydrogens is 397 g/mol. The van der Waals surface area contributed by atoms with Crippen molar-refractivity contribution in [3.05, 3.63) is 58.5 Å². The summed E-state index contributed by atoms with van der Waals surface area (Å²) in [5.41, 5.74) is 0.222. The fraction of sp³-hybridized carbons (Fsp3) is 0.368. The van der Waals surface area contributed by atoms with Crippen molar-refractivity contribution in [1.82, 2.24) is 4.90 Å². The number of halogens is 4. The van der Waals surface area contributed by atoms with E-state index in [2.05, 4.69) is 5.16 Å². The van der Waals surface area contributed by atoms with Crippen LogP contribution in [0.4, 0.5) is 13.2 Å². The second-order valence-electron chi connectivity index (χ2n) is 6.40. The van der Waals surface area contributed by atoms with E-state index in [9.17, 15) is 18.0 Å². The lowest BCUT2D eigenvalue weighted by Crippen LogP contribution is -2.37. The van der Waals surface area contributed by atoms with Crippen molar-refractivity contribution in [3.8, 4) is 0 Å². The highest BCUT2D eigenvalue weighted by molar-refractivity contribution is 6.29. The maximum atomic E-state index is 12.9. The molecule has 0 N–H and O–H groups in total. The molecule has 1 aliphatic heterocycles. The first-order valence-electron chi connectivity index (χ1n) is 8.68. The van der Waals surface area contributed by atoms with Crippen LogP contribution in [0.1, 0.15) is 36.7 Å². The Balaban J connectivity index is 1.68. The van der Waals surface area contributed by atoms with Crippen LogP contribution in [0.15, 0.2) is 46.0 Å². The lowest BCUT2D eigenvalue weighted by Gasteiger charge is -2.25. The van der Waals surface area contributed by atoms with E-state index in [0.717, 1.165) is 12.1 Å². The van der Waals surface area contributed by atoms with Gasteiger partial charge in [-0.25, -0.2) is 0 Å². The van der Waals surface area contributed by atoms with Gasteiger partial charge in [-0.3, -0.25) is 4.79 Å². The highest BCUT2D eigenvalue weighted by atomic mass is 35.5. The number of nitrogens with zero attached hydrogens (tertiary/aromatic N) is 2. The zero-order valence-electron chi connectivity index (χ0n) is 15.0. The van der Waals surface area contributed by atoms with Crippen molar-refractivity contribution in [1.29, 1.82) is 0 Å². The molecule has 0 fully saturated rings. The van der Waals surface area contributed by atoms with E-state index in [-0.39, 0.29) is 30.6 Å². The molecule has 1 atom stereocenters. The Morgan fingerprint density at radius 1 is 1.32 bits per heavy atom. The number of alkyl halides is 3. The summed E-state index contributed by atoms with van der Waals surface area (Å²) in [6.07, 6.45) is -4.22. The first-order chi connectivity index (χ1) is 13.3. The fourth-order valence-corrected chi connectivity index (χ4v) is 3.08. The minimum Gasteiger partial charge on any atom is -0.443 e. The number of rotatable bonds is 6. The van der Waals surface area contributed by atoms with Gasteiger partial charge in [0.05, 0.1) is 12.1 Å². The van der Waals surface area contributed by atoms with Crippen molar-refractivity contribution in [3.63, 3.8) is 0 Å². The Morgan fingerprint density at radius 3 is 2.75 bits per heavy atom. The SMILES string of the molecule is CCC(=O)N(Cc1cccc(C(F)(F)F)c1)CC1CC(c2ccc(Cl)o2)=NO1. The zero-order chi connectivity index (χ0) is 20.3. The number of oxime groups is 1. The fourth-order valence-electron chi connectivity index (χ4n) is 2.93. The molecule has 0 aliphatic carbocycles. The van der Waals surface area contributed by atoms with Gasteiger partial charge >= 0.3 is 6.18 Å². The number of hydrogen-bond acceptors (Lipinski definition) is 4. The average Bonchev–Trinajstić information content (AvgIpc) is 3.29. The Kier molecular flexibility index (Phi) is 5.98. The average molecular weight is 415 g/mol. The third kappa shape index (κ3) is 4.86. The van der Waals surface area contributed by atoms with E-state index in [1.165, 1.54) is 11.0 Å². The second kappa shape index (κ2) is 8.26. The lowest BCUT2D eigenvalue weighted by molar-refractivity contribution is -0.137. The van der Waals surface area contributed by atoms with Crippen molar-refractivity contribution in [2.45, 2.75) is 38.6 Å². The molecule has 28 heavy (non-hydrogen) atoms. The van der Waals surface area contributed by atoms with Crippen LogP contribution in [0.5, 0.6) is 0 Å². The summed E-state index contributed by atoms with van der Waals surface area (Å²) in [6, 6.07) is 8.22. The summed E-state index contributed by atoms with van der Waals surface area (Å²) in [5, 5.41) is 4.20. The molecule has 0 bridgehead atoms. The molecule has 0 radical (unpaired) electrons. The van der Waals surface area contributed by atoms with Crippen LogP contribution >= 0.6 is 11.6 Å². The summed E-state index contributed by atoms with van der Waals surface area (Å²) >= 11 is 5.76. The molecule has 0 saturated carbocycles. The first-order valence-corrected chi connectivity index (χ1v) is 9.06. The van der Waals surface area contributed by atoms with Gasteiger partial charge in [0.25, 0.3) is 0 Å². The monoisotopic (exact) mass is 414 g/mol. The normalized spacial score (nSPS) is 16.6. The van der Waals surface area contributed by atoms with Gasteiger partial charge in [0.15, 0.2) is 17.1 Å². The summed E-state index contributed by atoms with van der Waals surface area (Å²) < 4.78 is 44.1. The smallest absolute Gasteiger partial charge is 0.416 e. The van der Waals surface area contributed by atoms with E-state index < -0.39 is 17.8 Å². The van der Waals surface area contributed by atoms with E-state index >= 15 is 0 Å². The van der Waals surface area contributed by atoms with Gasteiger partial charge in [0.2, 0.25) is 5.91 Å². The van der Waals surface area contributed by atoms with Gasteiger partial charge < -0.3 is 14.2 Å². The van der Waals surface area contributed by atoms with Crippen molar-refractivity contribution >= 4 is 23.2 Å². The van der Waals surface area contributed by atoms with Gasteiger partial charge in [-0.15, -0.1) is 0 Å². The highest BCUT2D eigenvalue weighted by Gasteiger charge is 2.31. The van der Waals surface area contributed by atoms with Gasteiger partial charge in [0, 0.05) is 19.4 Å². The van der Waals surface area contributed by atoms with Crippen LogP contribution in [0.2, 0.25) is 5.22 Å². The van der Waals surface area contributed by atoms with Crippen LogP contribution < -0.4 is 0 Å². The van der Waals surface area contributed by atoms with Gasteiger partial charge in [-0.1, -0.05) is 24.2 Å². The number of carbonyl (C=O) groups excluding carboxylic acids is 1. The van der Waals surface area contributed by atoms with Crippen molar-refractivity contribution in [2.75, 3.05) is 6.54 Å². The summed E-state index contributed by atoms with van der Waals surface area (Å²) in [5.74, 6) is 0.300. The van der Waals surface area contributed by atoms with Gasteiger partial charge in [-0.2, -0.15) is 13.2 Å². The van der Waals surface area contributed by atoms with Crippen molar-refractivity contribution < 1.29 is 27.2 Å². The molecule has 3 rings (SSSR count). The lowest BCUT2D eigenvalue weighted by atomic mass is 10.1. The van der Waals surface area contributed by atoms with E-state index in [0.29, 0.717) is 23.5 Å². The molecule has 1 amide bonds. The predicted octanol–water partition coefficient (Wildman–Crippen LogP) is 4.88. The Morgan fingerprint density at radius 2 is 2.11 bits per heavy atom. The van der Waals surface area contributed by atoms with Gasteiger partial charge in [-0.05, 0) is 41.4 Å². The summed E-state index contributed by atoms with van der Waals surface area (Å²) in [7, 11) is 0. The zero-order valence-corrected chi connectivity index (χ0v) is 15.8. The molecule has 150 valence electrons. The molecule has 1 unspecified atom stereocenters. The number of hydrogen-bond donors (Lipinski definition) is 0. The van der Waals surface area contributed by atoms with E-state index in [4.69, 9.17) is 20.9 Å². The van der Waals surface area contributed by atoms with Crippen LogP contribution in [0, 0.1) is 0 Å². The molecule has 1 aromatic heterocycles.